The summed E-state index contributed by atoms with van der Waals surface area (Å²) in [5.41, 5.74) is 9.54. The first-order chi connectivity index (χ1) is 15.2. The molecule has 2 aromatic carbocycles. The Morgan fingerprint density at radius 2 is 1.81 bits per heavy atom. The fourth-order valence-corrected chi connectivity index (χ4v) is 5.06. The van der Waals surface area contributed by atoms with Gasteiger partial charge in [-0.25, -0.2) is 0 Å². The predicted molar refractivity (Wildman–Crippen MR) is 128 cm³/mol. The fraction of sp³-hybridized carbons (Fsp3) is 0.240. The van der Waals surface area contributed by atoms with E-state index < -0.39 is 5.92 Å². The zero-order chi connectivity index (χ0) is 22.6. The largest absolute Gasteiger partial charge is 0.442 e. The van der Waals surface area contributed by atoms with Gasteiger partial charge in [-0.05, 0) is 47.5 Å². The van der Waals surface area contributed by atoms with Gasteiger partial charge in [0.1, 0.15) is 11.6 Å². The quantitative estimate of drug-likeness (QED) is 0.471. The van der Waals surface area contributed by atoms with Crippen molar-refractivity contribution in [2.24, 2.45) is 5.41 Å². The Hall–Kier alpha value is -2.96. The van der Waals surface area contributed by atoms with Gasteiger partial charge in [-0.1, -0.05) is 55.8 Å². The van der Waals surface area contributed by atoms with Crippen LogP contribution in [0.4, 0.5) is 5.82 Å². The second kappa shape index (κ2) is 7.57. The van der Waals surface area contributed by atoms with E-state index in [-0.39, 0.29) is 11.2 Å². The molecule has 0 amide bonds. The Morgan fingerprint density at radius 1 is 1.12 bits per heavy atom. The highest BCUT2D eigenvalue weighted by Gasteiger charge is 2.44. The van der Waals surface area contributed by atoms with Gasteiger partial charge in [-0.2, -0.15) is 4.98 Å². The molecule has 1 unspecified atom stereocenters. The first kappa shape index (κ1) is 20.9. The number of nitrogens with zero attached hydrogens (tertiary/aromatic N) is 2. The van der Waals surface area contributed by atoms with Crippen molar-refractivity contribution in [3.05, 3.63) is 86.9 Å². The number of hydrogen-bond donors (Lipinski definition) is 1. The van der Waals surface area contributed by atoms with E-state index in [0.29, 0.717) is 51.2 Å². The van der Waals surface area contributed by atoms with Crippen LogP contribution in [-0.2, 0) is 4.79 Å². The van der Waals surface area contributed by atoms with Crippen LogP contribution in [0, 0.1) is 10.2 Å². The summed E-state index contributed by atoms with van der Waals surface area (Å²) >= 11 is 11.7. The van der Waals surface area contributed by atoms with Crippen LogP contribution in [0.15, 0.2) is 65.9 Å². The second-order valence-corrected chi connectivity index (χ2v) is 9.84. The third-order valence-electron chi connectivity index (χ3n) is 6.03. The predicted octanol–water partition coefficient (Wildman–Crippen LogP) is 6.00. The van der Waals surface area contributed by atoms with E-state index in [2.05, 4.69) is 18.8 Å². The van der Waals surface area contributed by atoms with Gasteiger partial charge in [0.25, 0.3) is 0 Å². The van der Waals surface area contributed by atoms with Gasteiger partial charge in [-0.3, -0.25) is 9.36 Å². The molecule has 162 valence electrons. The molecule has 1 aliphatic carbocycles. The SMILES string of the molecule is CC1(C)CC(=O)C2=C(C1)Oc1nc(=S)n(-c3ccccc3)c(N)c1C2c1ccc(Cl)cc1. The van der Waals surface area contributed by atoms with Crippen LogP contribution in [0.25, 0.3) is 5.69 Å². The van der Waals surface area contributed by atoms with Crippen LogP contribution in [0.1, 0.15) is 43.7 Å². The minimum absolute atomic E-state index is 0.0648. The van der Waals surface area contributed by atoms with Gasteiger partial charge in [0, 0.05) is 35.0 Å². The maximum atomic E-state index is 13.4. The van der Waals surface area contributed by atoms with Crippen LogP contribution in [0.3, 0.4) is 0 Å². The zero-order valence-corrected chi connectivity index (χ0v) is 19.3. The van der Waals surface area contributed by atoms with Crippen molar-refractivity contribution in [2.45, 2.75) is 32.6 Å². The van der Waals surface area contributed by atoms with Crippen LogP contribution in [-0.4, -0.2) is 15.3 Å². The average molecular weight is 464 g/mol. The van der Waals surface area contributed by atoms with Gasteiger partial charge >= 0.3 is 0 Å². The Morgan fingerprint density at radius 3 is 2.50 bits per heavy atom. The lowest BCUT2D eigenvalue weighted by molar-refractivity contribution is -0.118. The molecule has 0 saturated heterocycles. The zero-order valence-electron chi connectivity index (χ0n) is 17.8. The number of aromatic nitrogens is 2. The Balaban J connectivity index is 1.80. The summed E-state index contributed by atoms with van der Waals surface area (Å²) in [6, 6.07) is 17.1. The average Bonchev–Trinajstić information content (AvgIpc) is 2.73. The number of anilines is 1. The molecule has 1 atom stereocenters. The van der Waals surface area contributed by atoms with E-state index in [1.54, 1.807) is 4.57 Å². The molecule has 0 saturated carbocycles. The normalized spacial score (nSPS) is 19.2. The Labute approximate surface area is 196 Å². The first-order valence-corrected chi connectivity index (χ1v) is 11.2. The lowest BCUT2D eigenvalue weighted by Crippen LogP contribution is -2.34. The highest BCUT2D eigenvalue weighted by molar-refractivity contribution is 7.71. The molecule has 3 aromatic rings. The van der Waals surface area contributed by atoms with E-state index in [1.165, 1.54) is 0 Å². The minimum atomic E-state index is -0.410. The number of ether oxygens (including phenoxy) is 1. The number of Topliss-reactive ketones (excluding diaryl/α,β-unsaturated/α-hetero) is 1. The fourth-order valence-electron chi connectivity index (χ4n) is 4.65. The number of rotatable bonds is 2. The second-order valence-electron chi connectivity index (χ2n) is 9.03. The maximum absolute atomic E-state index is 13.4. The molecular weight excluding hydrogens is 442 g/mol. The molecule has 32 heavy (non-hydrogen) atoms. The van der Waals surface area contributed by atoms with Gasteiger partial charge in [0.05, 0.1) is 5.56 Å². The molecule has 0 bridgehead atoms. The number of fused-ring (bicyclic) bond motifs is 1. The number of carbonyl (C=O) groups is 1. The van der Waals surface area contributed by atoms with Crippen LogP contribution >= 0.6 is 23.8 Å². The van der Waals surface area contributed by atoms with Crippen molar-refractivity contribution in [3.63, 3.8) is 0 Å². The highest BCUT2D eigenvalue weighted by Crippen LogP contribution is 2.51. The van der Waals surface area contributed by atoms with Crippen molar-refractivity contribution >= 4 is 35.4 Å². The molecule has 0 radical (unpaired) electrons. The summed E-state index contributed by atoms with van der Waals surface area (Å²) in [5.74, 6) is 1.08. The summed E-state index contributed by atoms with van der Waals surface area (Å²) in [4.78, 5) is 18.0. The number of nitrogens with two attached hydrogens (primary N) is 1. The van der Waals surface area contributed by atoms with Crippen molar-refractivity contribution < 1.29 is 9.53 Å². The van der Waals surface area contributed by atoms with Crippen molar-refractivity contribution in [1.82, 2.24) is 9.55 Å². The smallest absolute Gasteiger partial charge is 0.229 e. The number of para-hydroxylation sites is 1. The summed E-state index contributed by atoms with van der Waals surface area (Å²) in [5, 5.41) is 0.623. The minimum Gasteiger partial charge on any atom is -0.442 e. The van der Waals surface area contributed by atoms with E-state index in [4.69, 9.17) is 34.3 Å². The lowest BCUT2D eigenvalue weighted by Gasteiger charge is -2.38. The van der Waals surface area contributed by atoms with Crippen LogP contribution < -0.4 is 10.5 Å². The third-order valence-corrected chi connectivity index (χ3v) is 6.56. The molecule has 0 spiro atoms. The van der Waals surface area contributed by atoms with Gasteiger partial charge < -0.3 is 10.5 Å². The number of benzene rings is 2. The number of ketones is 1. The van der Waals surface area contributed by atoms with E-state index in [9.17, 15) is 4.79 Å². The summed E-state index contributed by atoms with van der Waals surface area (Å²) in [7, 11) is 0. The molecule has 2 aliphatic rings. The number of carbonyl (C=O) groups excluding carboxylic acids is 1. The van der Waals surface area contributed by atoms with Gasteiger partial charge in [0.15, 0.2) is 5.78 Å². The number of allylic oxidation sites excluding steroid dienone is 2. The molecular formula is C25H22ClN3O2S. The topological polar surface area (TPSA) is 70.1 Å². The Kier molecular flexibility index (Phi) is 4.95. The van der Waals surface area contributed by atoms with Crippen LogP contribution in [0.2, 0.25) is 5.02 Å². The summed E-state index contributed by atoms with van der Waals surface area (Å²) in [6.45, 7) is 4.14. The number of nitrogen functional groups attached to an aromatic ring is 1. The standard InChI is InChI=1S/C25H22ClN3O2S/c1-25(2)12-17(30)20-18(13-25)31-23-21(19(20)14-8-10-15(26)11-9-14)22(27)29(24(32)28-23)16-6-4-3-5-7-16/h3-11,19H,12-13,27H2,1-2H3. The molecule has 0 fully saturated rings. The molecule has 1 aromatic heterocycles. The van der Waals surface area contributed by atoms with Crippen molar-refractivity contribution in [2.75, 3.05) is 5.73 Å². The monoisotopic (exact) mass is 463 g/mol. The van der Waals surface area contributed by atoms with Gasteiger partial charge in [0.2, 0.25) is 10.7 Å². The van der Waals surface area contributed by atoms with Crippen LogP contribution in [0.5, 0.6) is 5.88 Å². The summed E-state index contributed by atoms with van der Waals surface area (Å²) in [6.07, 6.45) is 1.08. The molecule has 2 heterocycles. The summed E-state index contributed by atoms with van der Waals surface area (Å²) < 4.78 is 8.26. The van der Waals surface area contributed by atoms with Crippen molar-refractivity contribution in [3.8, 4) is 11.6 Å². The van der Waals surface area contributed by atoms with E-state index >= 15 is 0 Å². The Bertz CT molecular complexity index is 1330. The first-order valence-electron chi connectivity index (χ1n) is 10.4. The van der Waals surface area contributed by atoms with E-state index in [1.807, 2.05) is 54.6 Å². The molecule has 1 aliphatic heterocycles. The third kappa shape index (κ3) is 3.44. The highest BCUT2D eigenvalue weighted by atomic mass is 35.5. The number of halogens is 1. The molecule has 7 heteroatoms. The number of hydrogen-bond acceptors (Lipinski definition) is 5. The lowest BCUT2D eigenvalue weighted by atomic mass is 9.70. The van der Waals surface area contributed by atoms with E-state index in [0.717, 1.165) is 11.3 Å². The molecule has 5 rings (SSSR count). The van der Waals surface area contributed by atoms with Gasteiger partial charge in [-0.15, -0.1) is 0 Å². The van der Waals surface area contributed by atoms with Crippen molar-refractivity contribution in [1.29, 1.82) is 0 Å². The maximum Gasteiger partial charge on any atom is 0.229 e. The molecule has 5 nitrogen and oxygen atoms in total. The molecule has 2 N–H and O–H groups in total.